The summed E-state index contributed by atoms with van der Waals surface area (Å²) in [6.45, 7) is 0. The standard InChI is InChI=1S/C18H18N2O4S/c1-24-15-7-6-10(8-14(15)21)13(9-25-2)20-17(22)11-4-3-5-12(19)16(11)18(20)23/h3-8,13,21H,9,19H2,1-2H3. The van der Waals surface area contributed by atoms with Crippen LogP contribution in [-0.4, -0.2) is 40.9 Å². The van der Waals surface area contributed by atoms with E-state index in [0.717, 1.165) is 0 Å². The van der Waals surface area contributed by atoms with Gasteiger partial charge in [-0.3, -0.25) is 14.5 Å². The van der Waals surface area contributed by atoms with Gasteiger partial charge in [0.1, 0.15) is 0 Å². The Balaban J connectivity index is 2.05. The minimum atomic E-state index is -0.515. The number of nitrogens with zero attached hydrogens (tertiary/aromatic N) is 1. The molecule has 25 heavy (non-hydrogen) atoms. The average molecular weight is 358 g/mol. The van der Waals surface area contributed by atoms with Crippen molar-refractivity contribution in [3.05, 3.63) is 53.1 Å². The maximum Gasteiger partial charge on any atom is 0.264 e. The molecule has 0 saturated carbocycles. The highest BCUT2D eigenvalue weighted by molar-refractivity contribution is 7.98. The fourth-order valence-corrected chi connectivity index (χ4v) is 3.66. The smallest absolute Gasteiger partial charge is 0.264 e. The van der Waals surface area contributed by atoms with E-state index in [1.165, 1.54) is 29.8 Å². The summed E-state index contributed by atoms with van der Waals surface area (Å²) >= 11 is 1.50. The lowest BCUT2D eigenvalue weighted by molar-refractivity contribution is 0.0598. The minimum absolute atomic E-state index is 0.0396. The number of amides is 2. The molecule has 1 aliphatic rings. The first-order valence-corrected chi connectivity index (χ1v) is 9.01. The van der Waals surface area contributed by atoms with Crippen LogP contribution in [-0.2, 0) is 0 Å². The normalized spacial score (nSPS) is 14.6. The second-order valence-electron chi connectivity index (χ2n) is 5.65. The molecule has 3 N–H and O–H groups in total. The van der Waals surface area contributed by atoms with Crippen LogP contribution in [0.1, 0.15) is 32.3 Å². The largest absolute Gasteiger partial charge is 0.504 e. The van der Waals surface area contributed by atoms with E-state index in [-0.39, 0.29) is 17.2 Å². The third-order valence-electron chi connectivity index (χ3n) is 4.20. The molecule has 0 aliphatic carbocycles. The Morgan fingerprint density at radius 1 is 1.24 bits per heavy atom. The number of nitrogen functional groups attached to an aromatic ring is 1. The summed E-state index contributed by atoms with van der Waals surface area (Å²) in [5.74, 6) is 0.00605. The van der Waals surface area contributed by atoms with Crippen LogP contribution in [0.4, 0.5) is 5.69 Å². The van der Waals surface area contributed by atoms with Crippen molar-refractivity contribution in [2.75, 3.05) is 24.9 Å². The van der Waals surface area contributed by atoms with Crippen LogP contribution in [0.2, 0.25) is 0 Å². The lowest BCUT2D eigenvalue weighted by Gasteiger charge is -2.26. The number of thioether (sulfide) groups is 1. The van der Waals surface area contributed by atoms with Gasteiger partial charge >= 0.3 is 0 Å². The highest BCUT2D eigenvalue weighted by Crippen LogP contribution is 2.37. The number of anilines is 1. The molecule has 2 amide bonds. The summed E-state index contributed by atoms with van der Waals surface area (Å²) in [4.78, 5) is 26.9. The van der Waals surface area contributed by atoms with Gasteiger partial charge in [-0.1, -0.05) is 12.1 Å². The molecule has 0 radical (unpaired) electrons. The van der Waals surface area contributed by atoms with Gasteiger partial charge in [-0.05, 0) is 36.1 Å². The Labute approximate surface area is 149 Å². The summed E-state index contributed by atoms with van der Waals surface area (Å²) in [6, 6.07) is 9.23. The highest BCUT2D eigenvalue weighted by Gasteiger charge is 2.41. The number of ether oxygens (including phenoxy) is 1. The second-order valence-corrected chi connectivity index (χ2v) is 6.56. The fourth-order valence-electron chi connectivity index (χ4n) is 3.00. The van der Waals surface area contributed by atoms with Gasteiger partial charge in [-0.25, -0.2) is 0 Å². The van der Waals surface area contributed by atoms with Crippen molar-refractivity contribution in [3.63, 3.8) is 0 Å². The maximum absolute atomic E-state index is 12.9. The molecule has 1 aliphatic heterocycles. The van der Waals surface area contributed by atoms with Crippen LogP contribution >= 0.6 is 11.8 Å². The highest BCUT2D eigenvalue weighted by atomic mass is 32.2. The quantitative estimate of drug-likeness (QED) is 0.631. The molecule has 1 atom stereocenters. The van der Waals surface area contributed by atoms with Crippen LogP contribution in [0, 0.1) is 0 Å². The van der Waals surface area contributed by atoms with E-state index in [0.29, 0.717) is 28.3 Å². The van der Waals surface area contributed by atoms with Crippen LogP contribution in [0.25, 0.3) is 0 Å². The molecule has 0 bridgehead atoms. The van der Waals surface area contributed by atoms with E-state index in [1.807, 2.05) is 6.26 Å². The first kappa shape index (κ1) is 17.2. The van der Waals surface area contributed by atoms with Crippen molar-refractivity contribution in [2.24, 2.45) is 0 Å². The fraction of sp³-hybridized carbons (Fsp3) is 0.222. The number of carbonyl (C=O) groups is 2. The Bertz CT molecular complexity index is 853. The van der Waals surface area contributed by atoms with Gasteiger partial charge in [-0.15, -0.1) is 0 Å². The number of hydrogen-bond donors (Lipinski definition) is 2. The number of hydrogen-bond acceptors (Lipinski definition) is 6. The van der Waals surface area contributed by atoms with Gasteiger partial charge in [-0.2, -0.15) is 11.8 Å². The van der Waals surface area contributed by atoms with Gasteiger partial charge in [0, 0.05) is 11.4 Å². The van der Waals surface area contributed by atoms with Crippen molar-refractivity contribution in [1.29, 1.82) is 0 Å². The van der Waals surface area contributed by atoms with Gasteiger partial charge in [0.15, 0.2) is 11.5 Å². The van der Waals surface area contributed by atoms with Gasteiger partial charge in [0.25, 0.3) is 11.8 Å². The monoisotopic (exact) mass is 358 g/mol. The van der Waals surface area contributed by atoms with Crippen LogP contribution in [0.15, 0.2) is 36.4 Å². The molecule has 0 fully saturated rings. The third-order valence-corrected chi connectivity index (χ3v) is 4.85. The van der Waals surface area contributed by atoms with E-state index in [4.69, 9.17) is 10.5 Å². The van der Waals surface area contributed by atoms with E-state index in [2.05, 4.69) is 0 Å². The van der Waals surface area contributed by atoms with E-state index < -0.39 is 11.9 Å². The molecule has 0 aromatic heterocycles. The summed E-state index contributed by atoms with van der Waals surface area (Å²) in [5.41, 5.74) is 7.40. The van der Waals surface area contributed by atoms with Crippen LogP contribution in [0.3, 0.4) is 0 Å². The number of carbonyl (C=O) groups excluding carboxylic acids is 2. The zero-order valence-electron chi connectivity index (χ0n) is 13.9. The number of phenolic OH excluding ortho intramolecular Hbond substituents is 1. The number of rotatable bonds is 5. The number of aromatic hydroxyl groups is 1. The number of phenols is 1. The summed E-state index contributed by atoms with van der Waals surface area (Å²) in [5, 5.41) is 10.1. The molecule has 0 spiro atoms. The van der Waals surface area contributed by atoms with Gasteiger partial charge in [0.2, 0.25) is 0 Å². The summed E-state index contributed by atoms with van der Waals surface area (Å²) in [6.07, 6.45) is 1.89. The molecule has 3 rings (SSSR count). The molecule has 1 heterocycles. The molecule has 1 unspecified atom stereocenters. The third kappa shape index (κ3) is 2.80. The molecular formula is C18H18N2O4S. The number of benzene rings is 2. The van der Waals surface area contributed by atoms with Gasteiger partial charge < -0.3 is 15.6 Å². The lowest BCUT2D eigenvalue weighted by Crippen LogP contribution is -2.35. The van der Waals surface area contributed by atoms with E-state index in [1.54, 1.807) is 30.3 Å². The predicted octanol–water partition coefficient (Wildman–Crippen LogP) is 2.68. The molecule has 6 nitrogen and oxygen atoms in total. The first-order chi connectivity index (χ1) is 12.0. The van der Waals surface area contributed by atoms with Crippen molar-refractivity contribution in [1.82, 2.24) is 4.90 Å². The SMILES string of the molecule is COc1ccc(C(CSC)N2C(=O)c3cccc(N)c3C2=O)cc1O. The lowest BCUT2D eigenvalue weighted by atomic mass is 10.1. The molecule has 2 aromatic rings. The number of imide groups is 1. The summed E-state index contributed by atoms with van der Waals surface area (Å²) < 4.78 is 5.05. The van der Waals surface area contributed by atoms with Crippen molar-refractivity contribution < 1.29 is 19.4 Å². The van der Waals surface area contributed by atoms with Crippen molar-refractivity contribution in [3.8, 4) is 11.5 Å². The van der Waals surface area contributed by atoms with E-state index >= 15 is 0 Å². The van der Waals surface area contributed by atoms with Crippen LogP contribution in [0.5, 0.6) is 11.5 Å². The van der Waals surface area contributed by atoms with Gasteiger partial charge in [0.05, 0.1) is 24.3 Å². The number of fused-ring (bicyclic) bond motifs is 1. The summed E-state index contributed by atoms with van der Waals surface area (Å²) in [7, 11) is 1.46. The Hall–Kier alpha value is -2.67. The van der Waals surface area contributed by atoms with E-state index in [9.17, 15) is 14.7 Å². The predicted molar refractivity (Wildman–Crippen MR) is 97.1 cm³/mol. The molecule has 7 heteroatoms. The second kappa shape index (κ2) is 6.68. The Kier molecular flexibility index (Phi) is 4.59. The minimum Gasteiger partial charge on any atom is -0.504 e. The molecule has 130 valence electrons. The maximum atomic E-state index is 12.9. The first-order valence-electron chi connectivity index (χ1n) is 7.61. The Morgan fingerprint density at radius 3 is 2.60 bits per heavy atom. The zero-order chi connectivity index (χ0) is 18.1. The Morgan fingerprint density at radius 2 is 2.00 bits per heavy atom. The molecule has 2 aromatic carbocycles. The van der Waals surface area contributed by atoms with Crippen molar-refractivity contribution in [2.45, 2.75) is 6.04 Å². The number of methoxy groups -OCH3 is 1. The molecule has 0 saturated heterocycles. The average Bonchev–Trinajstić information content (AvgIpc) is 2.85. The topological polar surface area (TPSA) is 92.9 Å². The molecular weight excluding hydrogens is 340 g/mol. The zero-order valence-corrected chi connectivity index (χ0v) is 14.7. The van der Waals surface area contributed by atoms with Crippen LogP contribution < -0.4 is 10.5 Å². The number of nitrogens with two attached hydrogens (primary N) is 1. The van der Waals surface area contributed by atoms with Crippen molar-refractivity contribution >= 4 is 29.3 Å².